The molecule has 216 valence electrons. The summed E-state index contributed by atoms with van der Waals surface area (Å²) < 4.78 is 6.50. The smallest absolute Gasteiger partial charge is 0.340 e. The topological polar surface area (TPSA) is 90.3 Å². The summed E-state index contributed by atoms with van der Waals surface area (Å²) in [5.41, 5.74) is -1.60. The summed E-state index contributed by atoms with van der Waals surface area (Å²) in [6.45, 7) is 4.65. The molecular formula is C32H41ClN2O5. The number of fused-ring (bicyclic) bond motifs is 2. The molecule has 1 saturated carbocycles. The summed E-state index contributed by atoms with van der Waals surface area (Å²) in [4.78, 5) is 29.9. The number of halogens is 1. The first-order valence-corrected chi connectivity index (χ1v) is 15.1. The minimum absolute atomic E-state index is 0.117. The molecule has 2 unspecified atom stereocenters. The number of nitrogens with zero attached hydrogens (tertiary/aromatic N) is 2. The summed E-state index contributed by atoms with van der Waals surface area (Å²) in [7, 11) is 0. The summed E-state index contributed by atoms with van der Waals surface area (Å²) in [6, 6.07) is 5.22. The molecule has 2 aliphatic carbocycles. The largest absolute Gasteiger partial charge is 0.490 e. The van der Waals surface area contributed by atoms with Crippen LogP contribution in [-0.4, -0.2) is 59.3 Å². The van der Waals surface area contributed by atoms with E-state index in [9.17, 15) is 19.8 Å². The Morgan fingerprint density at radius 1 is 1.10 bits per heavy atom. The summed E-state index contributed by atoms with van der Waals surface area (Å²) in [5.74, 6) is -0.852. The molecule has 5 rings (SSSR count). The quantitative estimate of drug-likeness (QED) is 0.441. The molecule has 2 bridgehead atoms. The van der Waals surface area contributed by atoms with E-state index >= 15 is 0 Å². The zero-order valence-electron chi connectivity index (χ0n) is 23.4. The van der Waals surface area contributed by atoms with Gasteiger partial charge in [-0.1, -0.05) is 55.3 Å². The van der Waals surface area contributed by atoms with Gasteiger partial charge in [0.2, 0.25) is 5.91 Å². The summed E-state index contributed by atoms with van der Waals surface area (Å²) >= 11 is 6.37. The lowest BCUT2D eigenvalue weighted by Gasteiger charge is -2.36. The molecule has 4 aliphatic rings. The molecule has 2 heterocycles. The van der Waals surface area contributed by atoms with Gasteiger partial charge in [-0.15, -0.1) is 0 Å². The van der Waals surface area contributed by atoms with Gasteiger partial charge in [-0.2, -0.15) is 0 Å². The molecule has 1 aromatic rings. The number of carboxylic acid groups (broad SMARTS) is 1. The lowest BCUT2D eigenvalue weighted by molar-refractivity contribution is -0.165. The van der Waals surface area contributed by atoms with E-state index in [0.717, 1.165) is 75.2 Å². The number of amides is 1. The van der Waals surface area contributed by atoms with E-state index in [1.165, 1.54) is 0 Å². The van der Waals surface area contributed by atoms with Crippen LogP contribution in [0.2, 0.25) is 0 Å². The molecule has 0 spiro atoms. The molecule has 0 radical (unpaired) electrons. The maximum atomic E-state index is 13.4. The second-order valence-corrected chi connectivity index (χ2v) is 12.5. The molecule has 1 aromatic carbocycles. The highest BCUT2D eigenvalue weighted by Gasteiger charge is 2.44. The van der Waals surface area contributed by atoms with Crippen LogP contribution in [0.1, 0.15) is 70.3 Å². The van der Waals surface area contributed by atoms with Crippen LogP contribution >= 0.6 is 11.6 Å². The normalized spacial score (nSPS) is 31.0. The van der Waals surface area contributed by atoms with Gasteiger partial charge in [-0.25, -0.2) is 4.79 Å². The predicted molar refractivity (Wildman–Crippen MR) is 157 cm³/mol. The Kier molecular flexibility index (Phi) is 8.62. The van der Waals surface area contributed by atoms with Crippen molar-refractivity contribution in [3.63, 3.8) is 0 Å². The first kappa shape index (κ1) is 28.7. The number of carboxylic acids is 1. The van der Waals surface area contributed by atoms with Gasteiger partial charge in [-0.05, 0) is 74.6 Å². The Hall–Kier alpha value is -2.77. The first-order chi connectivity index (χ1) is 19.2. The Bertz CT molecular complexity index is 1210. The Morgan fingerprint density at radius 3 is 2.62 bits per heavy atom. The van der Waals surface area contributed by atoms with Crippen LogP contribution in [-0.2, 0) is 15.2 Å². The van der Waals surface area contributed by atoms with Crippen LogP contribution < -0.4 is 9.64 Å². The number of hydrogen-bond acceptors (Lipinski definition) is 5. The average Bonchev–Trinajstić information content (AvgIpc) is 3.76. The van der Waals surface area contributed by atoms with E-state index in [2.05, 4.69) is 30.1 Å². The van der Waals surface area contributed by atoms with Crippen molar-refractivity contribution >= 4 is 29.2 Å². The van der Waals surface area contributed by atoms with Crippen molar-refractivity contribution in [2.45, 2.75) is 76.4 Å². The number of hydrogen-bond donors (Lipinski definition) is 2. The van der Waals surface area contributed by atoms with E-state index < -0.39 is 18.0 Å². The standard InChI is InChI=1S/C32H41ClN2O5/c1-31-15-14-25(33)19-23(31)9-5-8-17-34-16-6-3-2-4-7-18-35(26-11-12-26)29(36)21-32(39,30(37)38)24-10-13-28(40-22-31)27(34)20-24/h4,7,10,13-15,19-20,23,26,39H,2-3,5-6,8-9,11-12,16-18,21-22H2,1H3,(H,37,38)/b7-4+/t23?,31?,32-/m1/s1. The van der Waals surface area contributed by atoms with Crippen molar-refractivity contribution in [2.75, 3.05) is 31.1 Å². The fourth-order valence-corrected chi connectivity index (χ4v) is 6.34. The third-order valence-electron chi connectivity index (χ3n) is 8.93. The molecule has 1 amide bonds. The first-order valence-electron chi connectivity index (χ1n) is 14.7. The fraction of sp³-hybridized carbons (Fsp3) is 0.562. The lowest BCUT2D eigenvalue weighted by Crippen LogP contribution is -2.43. The molecule has 0 aromatic heterocycles. The van der Waals surface area contributed by atoms with Crippen molar-refractivity contribution in [1.82, 2.24) is 4.90 Å². The van der Waals surface area contributed by atoms with Gasteiger partial charge in [0.1, 0.15) is 5.75 Å². The van der Waals surface area contributed by atoms with Gasteiger partial charge in [-0.3, -0.25) is 4.79 Å². The van der Waals surface area contributed by atoms with Crippen LogP contribution in [0.15, 0.2) is 53.6 Å². The number of carbonyl (C=O) groups is 2. The van der Waals surface area contributed by atoms with Crippen molar-refractivity contribution < 1.29 is 24.5 Å². The molecule has 2 N–H and O–H groups in total. The van der Waals surface area contributed by atoms with E-state index in [1.807, 2.05) is 12.2 Å². The third kappa shape index (κ3) is 6.26. The zero-order chi connectivity index (χ0) is 28.3. The number of anilines is 1. The number of allylic oxidation sites excluding steroid dienone is 4. The van der Waals surface area contributed by atoms with Gasteiger partial charge in [0.15, 0.2) is 5.60 Å². The number of ether oxygens (including phenoxy) is 1. The highest BCUT2D eigenvalue weighted by molar-refractivity contribution is 6.31. The summed E-state index contributed by atoms with van der Waals surface area (Å²) in [6.07, 6.45) is 17.5. The maximum absolute atomic E-state index is 13.4. The van der Waals surface area contributed by atoms with Crippen LogP contribution in [0.3, 0.4) is 0 Å². The molecule has 3 atom stereocenters. The molecule has 8 heteroatoms. The van der Waals surface area contributed by atoms with Crippen LogP contribution in [0.4, 0.5) is 5.69 Å². The van der Waals surface area contributed by atoms with Crippen LogP contribution in [0.25, 0.3) is 0 Å². The second kappa shape index (κ2) is 12.0. The van der Waals surface area contributed by atoms with Gasteiger partial charge >= 0.3 is 5.97 Å². The Balaban J connectivity index is 1.53. The summed E-state index contributed by atoms with van der Waals surface area (Å²) in [5, 5.41) is 22.6. The molecular weight excluding hydrogens is 528 g/mol. The van der Waals surface area contributed by atoms with E-state index in [1.54, 1.807) is 23.1 Å². The SMILES string of the molecule is CC12C=CC(Cl)=CC1CCCCN1CCCC/C=C/CN(C3CC3)C(=O)C[C@](O)(C(=O)O)c3ccc(c1c3)OC2. The molecule has 1 fully saturated rings. The highest BCUT2D eigenvalue weighted by atomic mass is 35.5. The second-order valence-electron chi connectivity index (χ2n) is 12.0. The number of carbonyl (C=O) groups excluding carboxylic acids is 1. The molecule has 2 aliphatic heterocycles. The third-order valence-corrected chi connectivity index (χ3v) is 9.18. The van der Waals surface area contributed by atoms with Crippen molar-refractivity contribution in [3.05, 3.63) is 59.2 Å². The molecule has 7 nitrogen and oxygen atoms in total. The number of aliphatic carboxylic acids is 1. The maximum Gasteiger partial charge on any atom is 0.340 e. The van der Waals surface area contributed by atoms with Crippen molar-refractivity contribution in [3.8, 4) is 5.75 Å². The highest BCUT2D eigenvalue weighted by Crippen LogP contribution is 2.43. The van der Waals surface area contributed by atoms with Gasteiger partial charge in [0, 0.05) is 36.1 Å². The Labute approximate surface area is 242 Å². The minimum Gasteiger partial charge on any atom is -0.490 e. The van der Waals surface area contributed by atoms with Crippen LogP contribution in [0.5, 0.6) is 5.75 Å². The number of rotatable bonds is 2. The average molecular weight is 569 g/mol. The fourth-order valence-electron chi connectivity index (χ4n) is 6.13. The van der Waals surface area contributed by atoms with Gasteiger partial charge < -0.3 is 24.7 Å². The van der Waals surface area contributed by atoms with E-state index in [4.69, 9.17) is 16.3 Å². The molecule has 40 heavy (non-hydrogen) atoms. The van der Waals surface area contributed by atoms with Gasteiger partial charge in [0.05, 0.1) is 18.7 Å². The zero-order valence-corrected chi connectivity index (χ0v) is 24.1. The van der Waals surface area contributed by atoms with Crippen LogP contribution in [0, 0.1) is 11.3 Å². The van der Waals surface area contributed by atoms with Gasteiger partial charge in [0.25, 0.3) is 0 Å². The number of aliphatic hydroxyl groups is 1. The molecule has 0 saturated heterocycles. The van der Waals surface area contributed by atoms with E-state index in [-0.39, 0.29) is 28.8 Å². The lowest BCUT2D eigenvalue weighted by atomic mass is 9.72. The number of benzene rings is 1. The Morgan fingerprint density at radius 2 is 1.88 bits per heavy atom. The van der Waals surface area contributed by atoms with Crippen molar-refractivity contribution in [2.24, 2.45) is 11.3 Å². The predicted octanol–water partition coefficient (Wildman–Crippen LogP) is 5.76. The van der Waals surface area contributed by atoms with E-state index in [0.29, 0.717) is 18.9 Å². The minimum atomic E-state index is -2.34. The monoisotopic (exact) mass is 568 g/mol. The van der Waals surface area contributed by atoms with Crippen molar-refractivity contribution in [1.29, 1.82) is 0 Å².